The fourth-order valence-electron chi connectivity index (χ4n) is 1.44. The summed E-state index contributed by atoms with van der Waals surface area (Å²) in [7, 11) is 1.64. The van der Waals surface area contributed by atoms with E-state index >= 15 is 0 Å². The van der Waals surface area contributed by atoms with Crippen molar-refractivity contribution in [2.75, 3.05) is 13.7 Å². The highest BCUT2D eigenvalue weighted by Gasteiger charge is 2.14. The third kappa shape index (κ3) is 4.07. The first-order valence-electron chi connectivity index (χ1n) is 5.20. The summed E-state index contributed by atoms with van der Waals surface area (Å²) in [6, 6.07) is 5.21. The van der Waals surface area contributed by atoms with Gasteiger partial charge in [-0.1, -0.05) is 12.1 Å². The van der Waals surface area contributed by atoms with E-state index < -0.39 is 4.92 Å². The smallest absolute Gasteiger partial charge is 0.283 e. The van der Waals surface area contributed by atoms with E-state index in [-0.39, 0.29) is 11.7 Å². The summed E-state index contributed by atoms with van der Waals surface area (Å²) in [5, 5.41) is 14.0. The van der Waals surface area contributed by atoms with E-state index in [1.54, 1.807) is 13.2 Å². The van der Waals surface area contributed by atoms with E-state index in [1.165, 1.54) is 6.07 Å². The zero-order chi connectivity index (χ0) is 12.8. The van der Waals surface area contributed by atoms with Crippen molar-refractivity contribution in [1.82, 2.24) is 5.32 Å². The molecule has 0 aliphatic heterocycles. The second-order valence-electron chi connectivity index (χ2n) is 3.74. The van der Waals surface area contributed by atoms with Crippen LogP contribution in [0.5, 0.6) is 0 Å². The Balaban J connectivity index is 2.72. The van der Waals surface area contributed by atoms with Crippen molar-refractivity contribution < 1.29 is 9.66 Å². The molecular formula is C11H15BrN2O3. The number of methoxy groups -OCH3 is 1. The van der Waals surface area contributed by atoms with Crippen molar-refractivity contribution >= 4 is 21.6 Å². The Morgan fingerprint density at radius 2 is 2.29 bits per heavy atom. The maximum Gasteiger partial charge on any atom is 0.283 e. The van der Waals surface area contributed by atoms with Gasteiger partial charge in [0.15, 0.2) is 0 Å². The monoisotopic (exact) mass is 302 g/mol. The maximum atomic E-state index is 10.7. The van der Waals surface area contributed by atoms with Gasteiger partial charge in [-0.15, -0.1) is 0 Å². The normalized spacial score (nSPS) is 12.4. The van der Waals surface area contributed by atoms with Gasteiger partial charge >= 0.3 is 0 Å². The molecule has 0 heterocycles. The van der Waals surface area contributed by atoms with Gasteiger partial charge in [-0.2, -0.15) is 0 Å². The Morgan fingerprint density at radius 3 is 2.88 bits per heavy atom. The van der Waals surface area contributed by atoms with E-state index in [0.717, 1.165) is 5.56 Å². The van der Waals surface area contributed by atoms with Crippen LogP contribution in [-0.2, 0) is 11.3 Å². The van der Waals surface area contributed by atoms with Crippen LogP contribution in [0.15, 0.2) is 22.7 Å². The average molecular weight is 303 g/mol. The van der Waals surface area contributed by atoms with Crippen LogP contribution in [0.25, 0.3) is 0 Å². The quantitative estimate of drug-likeness (QED) is 0.648. The van der Waals surface area contributed by atoms with Crippen LogP contribution in [0.2, 0.25) is 0 Å². The number of nitro benzene ring substituents is 1. The van der Waals surface area contributed by atoms with Crippen molar-refractivity contribution in [1.29, 1.82) is 0 Å². The molecule has 0 bridgehead atoms. The Bertz CT molecular complexity index is 398. The van der Waals surface area contributed by atoms with E-state index in [1.807, 2.05) is 13.0 Å². The molecule has 0 saturated heterocycles. The van der Waals surface area contributed by atoms with Crippen molar-refractivity contribution in [3.8, 4) is 0 Å². The molecule has 0 amide bonds. The molecule has 1 aromatic carbocycles. The minimum absolute atomic E-state index is 0.0868. The molecule has 1 N–H and O–H groups in total. The second kappa shape index (κ2) is 6.68. The lowest BCUT2D eigenvalue weighted by Gasteiger charge is -2.13. The van der Waals surface area contributed by atoms with Gasteiger partial charge in [0.05, 0.1) is 16.0 Å². The number of nitrogens with one attached hydrogen (secondary N) is 1. The molecule has 0 aliphatic carbocycles. The van der Waals surface area contributed by atoms with Gasteiger partial charge in [0.1, 0.15) is 0 Å². The molecule has 0 radical (unpaired) electrons. The number of ether oxygens (including phenoxy) is 1. The lowest BCUT2D eigenvalue weighted by atomic mass is 10.2. The Labute approximate surface area is 108 Å². The molecule has 0 fully saturated rings. The molecule has 94 valence electrons. The van der Waals surface area contributed by atoms with E-state index in [0.29, 0.717) is 17.6 Å². The molecule has 1 rings (SSSR count). The van der Waals surface area contributed by atoms with Gasteiger partial charge < -0.3 is 10.1 Å². The molecule has 1 aromatic rings. The summed E-state index contributed by atoms with van der Waals surface area (Å²) in [6.45, 7) is 3.16. The number of nitrogens with zero attached hydrogens (tertiary/aromatic N) is 1. The SMILES string of the molecule is COCC(C)NCc1cccc([N+](=O)[O-])c1Br. The molecule has 17 heavy (non-hydrogen) atoms. The highest BCUT2D eigenvalue weighted by Crippen LogP contribution is 2.28. The number of rotatable bonds is 6. The first-order valence-corrected chi connectivity index (χ1v) is 5.99. The van der Waals surface area contributed by atoms with Crippen molar-refractivity contribution in [2.24, 2.45) is 0 Å². The second-order valence-corrected chi connectivity index (χ2v) is 4.54. The van der Waals surface area contributed by atoms with Crippen LogP contribution in [0, 0.1) is 10.1 Å². The van der Waals surface area contributed by atoms with Crippen LogP contribution in [0.4, 0.5) is 5.69 Å². The molecule has 0 aromatic heterocycles. The standard InChI is InChI=1S/C11H15BrN2O3/c1-8(7-17-2)13-6-9-4-3-5-10(11(9)12)14(15)16/h3-5,8,13H,6-7H2,1-2H3. The van der Waals surface area contributed by atoms with Gasteiger partial charge in [-0.3, -0.25) is 10.1 Å². The van der Waals surface area contributed by atoms with Crippen LogP contribution in [0.1, 0.15) is 12.5 Å². The molecule has 1 unspecified atom stereocenters. The number of hydrogen-bond donors (Lipinski definition) is 1. The summed E-state index contributed by atoms with van der Waals surface area (Å²) in [6.07, 6.45) is 0. The molecule has 6 heteroatoms. The van der Waals surface area contributed by atoms with Gasteiger partial charge in [-0.25, -0.2) is 0 Å². The molecule has 1 atom stereocenters. The minimum Gasteiger partial charge on any atom is -0.383 e. The summed E-state index contributed by atoms with van der Waals surface area (Å²) >= 11 is 3.26. The van der Waals surface area contributed by atoms with Gasteiger partial charge in [0.2, 0.25) is 0 Å². The molecule has 0 spiro atoms. The predicted octanol–water partition coefficient (Wildman–Crippen LogP) is 2.48. The third-order valence-corrected chi connectivity index (χ3v) is 3.23. The predicted molar refractivity (Wildman–Crippen MR) is 69.0 cm³/mol. The summed E-state index contributed by atoms with van der Waals surface area (Å²) in [5.41, 5.74) is 0.950. The Kier molecular flexibility index (Phi) is 5.54. The van der Waals surface area contributed by atoms with Crippen LogP contribution in [-0.4, -0.2) is 24.7 Å². The highest BCUT2D eigenvalue weighted by atomic mass is 79.9. The van der Waals surface area contributed by atoms with E-state index in [4.69, 9.17) is 4.74 Å². The first kappa shape index (κ1) is 14.1. The van der Waals surface area contributed by atoms with Crippen molar-refractivity contribution in [2.45, 2.75) is 19.5 Å². The number of nitro groups is 1. The van der Waals surface area contributed by atoms with Gasteiger partial charge in [0.25, 0.3) is 5.69 Å². The lowest BCUT2D eigenvalue weighted by Crippen LogP contribution is -2.29. The molecule has 0 aliphatic rings. The highest BCUT2D eigenvalue weighted by molar-refractivity contribution is 9.10. The van der Waals surface area contributed by atoms with Gasteiger partial charge in [0, 0.05) is 25.8 Å². The minimum atomic E-state index is -0.397. The van der Waals surface area contributed by atoms with E-state index in [9.17, 15) is 10.1 Å². The number of benzene rings is 1. The summed E-state index contributed by atoms with van der Waals surface area (Å²) in [4.78, 5) is 10.4. The number of halogens is 1. The summed E-state index contributed by atoms with van der Waals surface area (Å²) < 4.78 is 5.53. The fourth-order valence-corrected chi connectivity index (χ4v) is 1.99. The Morgan fingerprint density at radius 1 is 1.59 bits per heavy atom. The van der Waals surface area contributed by atoms with Crippen molar-refractivity contribution in [3.05, 3.63) is 38.3 Å². The average Bonchev–Trinajstić information content (AvgIpc) is 2.27. The van der Waals surface area contributed by atoms with Gasteiger partial charge in [-0.05, 0) is 28.4 Å². The zero-order valence-electron chi connectivity index (χ0n) is 9.77. The molecular weight excluding hydrogens is 288 g/mol. The zero-order valence-corrected chi connectivity index (χ0v) is 11.4. The topological polar surface area (TPSA) is 64.4 Å². The van der Waals surface area contributed by atoms with E-state index in [2.05, 4.69) is 21.2 Å². The van der Waals surface area contributed by atoms with Crippen LogP contribution < -0.4 is 5.32 Å². The first-order chi connectivity index (χ1) is 8.06. The molecule has 5 nitrogen and oxygen atoms in total. The molecule has 0 saturated carbocycles. The summed E-state index contributed by atoms with van der Waals surface area (Å²) in [5.74, 6) is 0. The number of hydrogen-bond acceptors (Lipinski definition) is 4. The Hall–Kier alpha value is -0.980. The fraction of sp³-hybridized carbons (Fsp3) is 0.455. The van der Waals surface area contributed by atoms with Crippen LogP contribution >= 0.6 is 15.9 Å². The third-order valence-electron chi connectivity index (χ3n) is 2.31. The van der Waals surface area contributed by atoms with Crippen LogP contribution in [0.3, 0.4) is 0 Å². The lowest BCUT2D eigenvalue weighted by molar-refractivity contribution is -0.385. The maximum absolute atomic E-state index is 10.7. The largest absolute Gasteiger partial charge is 0.383 e. The van der Waals surface area contributed by atoms with Crippen molar-refractivity contribution in [3.63, 3.8) is 0 Å².